The summed E-state index contributed by atoms with van der Waals surface area (Å²) in [4.78, 5) is 12.1. The van der Waals surface area contributed by atoms with Crippen molar-refractivity contribution in [1.82, 2.24) is 0 Å². The predicted octanol–water partition coefficient (Wildman–Crippen LogP) is 3.69. The molecule has 0 aliphatic heterocycles. The van der Waals surface area contributed by atoms with Crippen molar-refractivity contribution in [1.29, 1.82) is 0 Å². The Labute approximate surface area is 117 Å². The lowest BCUT2D eigenvalue weighted by Crippen LogP contribution is -2.43. The zero-order chi connectivity index (χ0) is 14.5. The highest BCUT2D eigenvalue weighted by atomic mass is 16.5. The molecule has 0 saturated heterocycles. The fraction of sp³-hybridized carbons (Fsp3) is 0.938. The molecule has 3 nitrogen and oxygen atoms in total. The Morgan fingerprint density at radius 1 is 1.21 bits per heavy atom. The second-order valence-electron chi connectivity index (χ2n) is 6.71. The number of rotatable bonds is 5. The summed E-state index contributed by atoms with van der Waals surface area (Å²) >= 11 is 0. The van der Waals surface area contributed by atoms with Gasteiger partial charge < -0.3 is 9.84 Å². The van der Waals surface area contributed by atoms with E-state index in [1.54, 1.807) is 0 Å². The Hall–Kier alpha value is -0.570. The molecule has 0 amide bonds. The molecule has 1 saturated carbocycles. The normalized spacial score (nSPS) is 28.5. The van der Waals surface area contributed by atoms with Crippen LogP contribution in [0, 0.1) is 11.3 Å². The summed E-state index contributed by atoms with van der Waals surface area (Å²) < 4.78 is 5.17. The van der Waals surface area contributed by atoms with Crippen molar-refractivity contribution in [2.24, 2.45) is 11.3 Å². The fourth-order valence-corrected chi connectivity index (χ4v) is 3.16. The topological polar surface area (TPSA) is 46.5 Å². The lowest BCUT2D eigenvalue weighted by molar-refractivity contribution is -0.160. The van der Waals surface area contributed by atoms with Crippen LogP contribution >= 0.6 is 0 Å². The molecule has 1 rings (SSSR count). The largest absolute Gasteiger partial charge is 0.466 e. The monoisotopic (exact) mass is 270 g/mol. The van der Waals surface area contributed by atoms with Crippen molar-refractivity contribution < 1.29 is 14.6 Å². The molecule has 2 atom stereocenters. The highest BCUT2D eigenvalue weighted by molar-refractivity contribution is 5.73. The lowest BCUT2D eigenvalue weighted by atomic mass is 9.77. The smallest absolute Gasteiger partial charge is 0.311 e. The summed E-state index contributed by atoms with van der Waals surface area (Å²) in [6.07, 6.45) is 6.14. The van der Waals surface area contributed by atoms with E-state index < -0.39 is 5.60 Å². The van der Waals surface area contributed by atoms with Gasteiger partial charge >= 0.3 is 5.97 Å². The maximum atomic E-state index is 12.1. The Morgan fingerprint density at radius 2 is 1.89 bits per heavy atom. The molecule has 3 heteroatoms. The first kappa shape index (κ1) is 16.5. The van der Waals surface area contributed by atoms with E-state index in [4.69, 9.17) is 4.74 Å². The molecule has 0 bridgehead atoms. The molecule has 0 spiro atoms. The molecule has 0 heterocycles. The summed E-state index contributed by atoms with van der Waals surface area (Å²) in [6.45, 7) is 8.76. The molecule has 112 valence electrons. The first-order valence-corrected chi connectivity index (χ1v) is 7.73. The van der Waals surface area contributed by atoms with Crippen LogP contribution in [0.5, 0.6) is 0 Å². The third-order valence-corrected chi connectivity index (χ3v) is 4.50. The van der Waals surface area contributed by atoms with E-state index in [2.05, 4.69) is 20.8 Å². The molecule has 0 radical (unpaired) electrons. The second-order valence-corrected chi connectivity index (χ2v) is 6.71. The molecule has 1 aliphatic rings. The van der Waals surface area contributed by atoms with Gasteiger partial charge in [0.2, 0.25) is 0 Å². The lowest BCUT2D eigenvalue weighted by Gasteiger charge is -2.34. The summed E-state index contributed by atoms with van der Waals surface area (Å²) in [5, 5.41) is 11.0. The number of hydrogen-bond acceptors (Lipinski definition) is 3. The van der Waals surface area contributed by atoms with Gasteiger partial charge in [0.1, 0.15) is 0 Å². The SMILES string of the molecule is CCCC(C(=O)OCC)C1(O)CCCC(C)(C)CC1. The van der Waals surface area contributed by atoms with Gasteiger partial charge in [-0.3, -0.25) is 4.79 Å². The van der Waals surface area contributed by atoms with E-state index in [9.17, 15) is 9.90 Å². The number of esters is 1. The molecule has 1 fully saturated rings. The molecule has 0 aromatic carbocycles. The minimum Gasteiger partial charge on any atom is -0.466 e. The van der Waals surface area contributed by atoms with Crippen LogP contribution in [-0.2, 0) is 9.53 Å². The maximum absolute atomic E-state index is 12.1. The average Bonchev–Trinajstić information content (AvgIpc) is 2.46. The molecule has 1 N–H and O–H groups in total. The molecule has 1 aliphatic carbocycles. The van der Waals surface area contributed by atoms with Gasteiger partial charge in [-0.05, 0) is 44.4 Å². The van der Waals surface area contributed by atoms with Gasteiger partial charge in [-0.15, -0.1) is 0 Å². The van der Waals surface area contributed by atoms with Gasteiger partial charge in [0.05, 0.1) is 18.1 Å². The molecule has 2 unspecified atom stereocenters. The van der Waals surface area contributed by atoms with E-state index in [0.29, 0.717) is 13.0 Å². The Kier molecular flexibility index (Phi) is 5.84. The van der Waals surface area contributed by atoms with E-state index in [1.807, 2.05) is 6.92 Å². The van der Waals surface area contributed by atoms with Gasteiger partial charge in [0.15, 0.2) is 0 Å². The van der Waals surface area contributed by atoms with Crippen molar-refractivity contribution >= 4 is 5.97 Å². The van der Waals surface area contributed by atoms with Gasteiger partial charge in [-0.1, -0.05) is 33.6 Å². The highest BCUT2D eigenvalue weighted by Gasteiger charge is 2.43. The number of carbonyl (C=O) groups is 1. The van der Waals surface area contributed by atoms with Gasteiger partial charge in [-0.2, -0.15) is 0 Å². The van der Waals surface area contributed by atoms with Crippen molar-refractivity contribution in [2.75, 3.05) is 6.61 Å². The first-order chi connectivity index (χ1) is 8.84. The third-order valence-electron chi connectivity index (χ3n) is 4.50. The second kappa shape index (κ2) is 6.74. The molecular weight excluding hydrogens is 240 g/mol. The number of ether oxygens (including phenoxy) is 1. The average molecular weight is 270 g/mol. The van der Waals surface area contributed by atoms with Crippen molar-refractivity contribution in [3.8, 4) is 0 Å². The highest BCUT2D eigenvalue weighted by Crippen LogP contribution is 2.42. The number of carbonyl (C=O) groups excluding carboxylic acids is 1. The third kappa shape index (κ3) is 4.48. The minimum atomic E-state index is -0.865. The summed E-state index contributed by atoms with van der Waals surface area (Å²) in [7, 11) is 0. The quantitative estimate of drug-likeness (QED) is 0.612. The van der Waals surface area contributed by atoms with Crippen LogP contribution in [0.1, 0.15) is 72.6 Å². The molecule has 0 aromatic rings. The van der Waals surface area contributed by atoms with E-state index >= 15 is 0 Å². The zero-order valence-electron chi connectivity index (χ0n) is 13.0. The van der Waals surface area contributed by atoms with Gasteiger partial charge in [0.25, 0.3) is 0 Å². The maximum Gasteiger partial charge on any atom is 0.311 e. The summed E-state index contributed by atoms with van der Waals surface area (Å²) in [5.41, 5.74) is -0.591. The number of aliphatic hydroxyl groups is 1. The van der Waals surface area contributed by atoms with Crippen LogP contribution in [0.4, 0.5) is 0 Å². The van der Waals surface area contributed by atoms with Crippen molar-refractivity contribution in [3.63, 3.8) is 0 Å². The van der Waals surface area contributed by atoms with Crippen molar-refractivity contribution in [2.45, 2.75) is 78.2 Å². The summed E-state index contributed by atoms with van der Waals surface area (Å²) in [5.74, 6) is -0.571. The fourth-order valence-electron chi connectivity index (χ4n) is 3.16. The first-order valence-electron chi connectivity index (χ1n) is 7.73. The van der Waals surface area contributed by atoms with Crippen LogP contribution in [-0.4, -0.2) is 23.3 Å². The predicted molar refractivity (Wildman–Crippen MR) is 76.8 cm³/mol. The number of hydrogen-bond donors (Lipinski definition) is 1. The van der Waals surface area contributed by atoms with Gasteiger partial charge in [-0.25, -0.2) is 0 Å². The minimum absolute atomic E-state index is 0.216. The Morgan fingerprint density at radius 3 is 2.47 bits per heavy atom. The molecule has 19 heavy (non-hydrogen) atoms. The Balaban J connectivity index is 2.83. The molecular formula is C16H30O3. The molecule has 0 aromatic heterocycles. The van der Waals surface area contributed by atoms with E-state index in [-0.39, 0.29) is 17.3 Å². The van der Waals surface area contributed by atoms with Crippen molar-refractivity contribution in [3.05, 3.63) is 0 Å². The van der Waals surface area contributed by atoms with Crippen LogP contribution < -0.4 is 0 Å². The van der Waals surface area contributed by atoms with Crippen LogP contribution in [0.2, 0.25) is 0 Å². The van der Waals surface area contributed by atoms with Crippen LogP contribution in [0.25, 0.3) is 0 Å². The Bertz CT molecular complexity index is 298. The van der Waals surface area contributed by atoms with Gasteiger partial charge in [0, 0.05) is 0 Å². The van der Waals surface area contributed by atoms with Crippen LogP contribution in [0.15, 0.2) is 0 Å². The van der Waals surface area contributed by atoms with E-state index in [0.717, 1.165) is 38.5 Å². The zero-order valence-corrected chi connectivity index (χ0v) is 13.0. The van der Waals surface area contributed by atoms with E-state index in [1.165, 1.54) is 0 Å². The standard InChI is InChI=1S/C16H30O3/c1-5-8-13(14(17)19-6-2)16(18)10-7-9-15(3,4)11-12-16/h13,18H,5-12H2,1-4H3. The van der Waals surface area contributed by atoms with Crippen LogP contribution in [0.3, 0.4) is 0 Å². The summed E-state index contributed by atoms with van der Waals surface area (Å²) in [6, 6.07) is 0.